The number of anilines is 1. The van der Waals surface area contributed by atoms with Gasteiger partial charge in [0.05, 0.1) is 25.2 Å². The topological polar surface area (TPSA) is 55.8 Å². The SMILES string of the molecule is CC(C)COC(=O)[C@@H]1[C@@H]2C=C[C@@]3(CN(c4ccc(Cl)cc4)C(=O)[C@@H]13)O2. The number of nitrogens with zero attached hydrogens (tertiary/aromatic N) is 1. The van der Waals surface area contributed by atoms with Gasteiger partial charge in [-0.15, -0.1) is 0 Å². The summed E-state index contributed by atoms with van der Waals surface area (Å²) in [6, 6.07) is 7.11. The smallest absolute Gasteiger partial charge is 0.312 e. The second-order valence-electron chi connectivity index (χ2n) is 7.32. The second-order valence-corrected chi connectivity index (χ2v) is 7.76. The van der Waals surface area contributed by atoms with Gasteiger partial charge in [-0.3, -0.25) is 9.59 Å². The molecule has 0 radical (unpaired) electrons. The molecular weight excluding hydrogens is 342 g/mol. The fourth-order valence-corrected chi connectivity index (χ4v) is 4.08. The number of carbonyl (C=O) groups is 2. The Balaban J connectivity index is 1.61. The third kappa shape index (κ3) is 2.57. The molecule has 132 valence electrons. The summed E-state index contributed by atoms with van der Waals surface area (Å²) < 4.78 is 11.5. The van der Waals surface area contributed by atoms with E-state index >= 15 is 0 Å². The Morgan fingerprint density at radius 1 is 1.40 bits per heavy atom. The molecule has 25 heavy (non-hydrogen) atoms. The van der Waals surface area contributed by atoms with Crippen molar-refractivity contribution in [3.63, 3.8) is 0 Å². The molecule has 3 aliphatic rings. The number of halogens is 1. The number of ether oxygens (including phenoxy) is 2. The van der Waals surface area contributed by atoms with E-state index in [4.69, 9.17) is 21.1 Å². The van der Waals surface area contributed by atoms with Gasteiger partial charge in [-0.2, -0.15) is 0 Å². The molecule has 2 bridgehead atoms. The monoisotopic (exact) mass is 361 g/mol. The highest BCUT2D eigenvalue weighted by Crippen LogP contribution is 2.52. The molecule has 0 saturated carbocycles. The van der Waals surface area contributed by atoms with Gasteiger partial charge in [0.25, 0.3) is 0 Å². The first kappa shape index (κ1) is 16.6. The maximum Gasteiger partial charge on any atom is 0.312 e. The van der Waals surface area contributed by atoms with E-state index < -0.39 is 17.4 Å². The van der Waals surface area contributed by atoms with E-state index in [9.17, 15) is 9.59 Å². The van der Waals surface area contributed by atoms with Crippen molar-refractivity contribution in [3.8, 4) is 0 Å². The first-order valence-corrected chi connectivity index (χ1v) is 8.90. The van der Waals surface area contributed by atoms with Gasteiger partial charge in [0.1, 0.15) is 11.5 Å². The average Bonchev–Trinajstić information content (AvgIpc) is 3.22. The summed E-state index contributed by atoms with van der Waals surface area (Å²) in [7, 11) is 0. The van der Waals surface area contributed by atoms with Crippen molar-refractivity contribution in [3.05, 3.63) is 41.4 Å². The fourth-order valence-electron chi connectivity index (χ4n) is 3.95. The van der Waals surface area contributed by atoms with Crippen LogP contribution in [0.15, 0.2) is 36.4 Å². The van der Waals surface area contributed by atoms with Gasteiger partial charge >= 0.3 is 5.97 Å². The van der Waals surface area contributed by atoms with Crippen LogP contribution in [0.3, 0.4) is 0 Å². The van der Waals surface area contributed by atoms with E-state index in [0.29, 0.717) is 18.2 Å². The molecule has 4 atom stereocenters. The normalized spacial score (nSPS) is 32.6. The minimum atomic E-state index is -0.733. The number of hydrogen-bond donors (Lipinski definition) is 0. The molecule has 5 nitrogen and oxygen atoms in total. The van der Waals surface area contributed by atoms with Gasteiger partial charge in [-0.25, -0.2) is 0 Å². The molecule has 2 fully saturated rings. The molecule has 1 aromatic carbocycles. The molecule has 2 saturated heterocycles. The number of rotatable bonds is 4. The van der Waals surface area contributed by atoms with Gasteiger partial charge in [0.2, 0.25) is 5.91 Å². The van der Waals surface area contributed by atoms with Crippen molar-refractivity contribution in [2.24, 2.45) is 17.8 Å². The second kappa shape index (κ2) is 5.85. The number of carbonyl (C=O) groups excluding carboxylic acids is 2. The van der Waals surface area contributed by atoms with Crippen molar-refractivity contribution >= 4 is 29.2 Å². The van der Waals surface area contributed by atoms with Crippen molar-refractivity contribution < 1.29 is 19.1 Å². The van der Waals surface area contributed by atoms with E-state index in [1.54, 1.807) is 29.2 Å². The third-order valence-electron chi connectivity index (χ3n) is 5.07. The molecule has 0 unspecified atom stereocenters. The molecule has 0 aliphatic carbocycles. The van der Waals surface area contributed by atoms with Crippen LogP contribution in [0.2, 0.25) is 5.02 Å². The van der Waals surface area contributed by atoms with E-state index in [1.807, 2.05) is 26.0 Å². The Kier molecular flexibility index (Phi) is 3.89. The van der Waals surface area contributed by atoms with E-state index in [0.717, 1.165) is 5.69 Å². The number of esters is 1. The number of benzene rings is 1. The third-order valence-corrected chi connectivity index (χ3v) is 5.32. The Morgan fingerprint density at radius 2 is 2.12 bits per heavy atom. The largest absolute Gasteiger partial charge is 0.465 e. The summed E-state index contributed by atoms with van der Waals surface area (Å²) in [6.45, 7) is 4.71. The minimum absolute atomic E-state index is 0.0966. The van der Waals surface area contributed by atoms with Crippen LogP contribution < -0.4 is 4.90 Å². The standard InChI is InChI=1S/C19H20ClNO4/c1-11(2)9-24-18(23)15-14-7-8-19(25-14)10-21(17(22)16(15)19)13-5-3-12(20)4-6-13/h3-8,11,14-16H,9-10H2,1-2H3/t14-,15+,16+,19-/m0/s1. The molecule has 1 amide bonds. The molecular formula is C19H20ClNO4. The molecule has 1 spiro atoms. The summed E-state index contributed by atoms with van der Waals surface area (Å²) in [5.74, 6) is -1.30. The molecule has 1 aromatic rings. The molecule has 6 heteroatoms. The van der Waals surface area contributed by atoms with Crippen LogP contribution in [0, 0.1) is 17.8 Å². The number of amides is 1. The van der Waals surface area contributed by atoms with Gasteiger partial charge in [0.15, 0.2) is 0 Å². The van der Waals surface area contributed by atoms with E-state index in [1.165, 1.54) is 0 Å². The summed E-state index contributed by atoms with van der Waals surface area (Å²) in [5.41, 5.74) is 0.0241. The molecule has 0 N–H and O–H groups in total. The Hall–Kier alpha value is -1.85. The van der Waals surface area contributed by atoms with Crippen molar-refractivity contribution in [1.29, 1.82) is 0 Å². The van der Waals surface area contributed by atoms with Crippen LogP contribution in [-0.2, 0) is 19.1 Å². The first-order valence-electron chi connectivity index (χ1n) is 8.52. The predicted octanol–water partition coefficient (Wildman–Crippen LogP) is 2.83. The lowest BCUT2D eigenvalue weighted by Gasteiger charge is -2.23. The minimum Gasteiger partial charge on any atom is -0.465 e. The Labute approximate surface area is 151 Å². The number of hydrogen-bond acceptors (Lipinski definition) is 4. The van der Waals surface area contributed by atoms with E-state index in [-0.39, 0.29) is 23.9 Å². The highest BCUT2D eigenvalue weighted by atomic mass is 35.5. The molecule has 4 rings (SSSR count). The average molecular weight is 362 g/mol. The maximum absolute atomic E-state index is 13.1. The fraction of sp³-hybridized carbons (Fsp3) is 0.474. The predicted molar refractivity (Wildman–Crippen MR) is 93.3 cm³/mol. The Morgan fingerprint density at radius 3 is 2.80 bits per heavy atom. The Bertz CT molecular complexity index is 744. The zero-order valence-electron chi connectivity index (χ0n) is 14.1. The van der Waals surface area contributed by atoms with Gasteiger partial charge in [0, 0.05) is 10.7 Å². The van der Waals surface area contributed by atoms with Gasteiger partial charge < -0.3 is 14.4 Å². The van der Waals surface area contributed by atoms with Crippen molar-refractivity contribution in [1.82, 2.24) is 0 Å². The summed E-state index contributed by atoms with van der Waals surface area (Å²) in [6.07, 6.45) is 3.44. The van der Waals surface area contributed by atoms with Crippen LogP contribution in [0.25, 0.3) is 0 Å². The van der Waals surface area contributed by atoms with Gasteiger partial charge in [-0.1, -0.05) is 37.6 Å². The zero-order chi connectivity index (χ0) is 17.8. The van der Waals surface area contributed by atoms with Crippen LogP contribution in [-0.4, -0.2) is 36.7 Å². The van der Waals surface area contributed by atoms with E-state index in [2.05, 4.69) is 0 Å². The van der Waals surface area contributed by atoms with Crippen LogP contribution >= 0.6 is 11.6 Å². The van der Waals surface area contributed by atoms with Crippen LogP contribution in [0.1, 0.15) is 13.8 Å². The maximum atomic E-state index is 13.1. The lowest BCUT2D eigenvalue weighted by atomic mass is 9.77. The first-order chi connectivity index (χ1) is 11.9. The quantitative estimate of drug-likeness (QED) is 0.611. The summed E-state index contributed by atoms with van der Waals surface area (Å²) >= 11 is 5.94. The summed E-state index contributed by atoms with van der Waals surface area (Å²) in [5, 5.41) is 0.612. The van der Waals surface area contributed by atoms with Crippen LogP contribution in [0.4, 0.5) is 5.69 Å². The summed E-state index contributed by atoms with van der Waals surface area (Å²) in [4.78, 5) is 27.3. The highest BCUT2D eigenvalue weighted by molar-refractivity contribution is 6.30. The molecule has 0 aromatic heterocycles. The van der Waals surface area contributed by atoms with Crippen LogP contribution in [0.5, 0.6) is 0 Å². The van der Waals surface area contributed by atoms with Crippen molar-refractivity contribution in [2.45, 2.75) is 25.6 Å². The molecule has 3 heterocycles. The zero-order valence-corrected chi connectivity index (χ0v) is 14.9. The lowest BCUT2D eigenvalue weighted by molar-refractivity contribution is -0.153. The number of fused-ring (bicyclic) bond motifs is 1. The van der Waals surface area contributed by atoms with Crippen molar-refractivity contribution in [2.75, 3.05) is 18.1 Å². The molecule has 3 aliphatic heterocycles. The van der Waals surface area contributed by atoms with Gasteiger partial charge in [-0.05, 0) is 30.2 Å². The lowest BCUT2D eigenvalue weighted by Crippen LogP contribution is -2.40. The highest BCUT2D eigenvalue weighted by Gasteiger charge is 2.67.